The van der Waals surface area contributed by atoms with Gasteiger partial charge in [-0.25, -0.2) is 13.1 Å². The summed E-state index contributed by atoms with van der Waals surface area (Å²) in [4.78, 5) is 9.31. The van der Waals surface area contributed by atoms with E-state index in [-0.39, 0.29) is 0 Å². The maximum absolute atomic E-state index is 12.2. The van der Waals surface area contributed by atoms with Gasteiger partial charge in [-0.15, -0.1) is 0 Å². The van der Waals surface area contributed by atoms with Gasteiger partial charge in [0.05, 0.1) is 16.2 Å². The van der Waals surface area contributed by atoms with Crippen molar-refractivity contribution in [2.24, 2.45) is 0 Å². The zero-order valence-electron chi connectivity index (χ0n) is 10.7. The first-order valence-electron chi connectivity index (χ1n) is 5.55. The zero-order chi connectivity index (χ0) is 16.4. The van der Waals surface area contributed by atoms with Crippen molar-refractivity contribution in [3.8, 4) is 0 Å². The van der Waals surface area contributed by atoms with Gasteiger partial charge in [-0.05, 0) is 19.1 Å². The number of nitrogen functional groups attached to an aromatic ring is 1. The molecule has 118 valence electrons. The van der Waals surface area contributed by atoms with Crippen molar-refractivity contribution in [3.05, 3.63) is 28.3 Å². The monoisotopic (exact) mass is 327 g/mol. The molecule has 1 rings (SSSR count). The summed E-state index contributed by atoms with van der Waals surface area (Å²) in [5.74, 6) is 0. The lowest BCUT2D eigenvalue weighted by Crippen LogP contribution is -2.35. The summed E-state index contributed by atoms with van der Waals surface area (Å²) in [6, 6.07) is 1.21. The second kappa shape index (κ2) is 5.85. The number of nitro benzene ring substituents is 1. The van der Waals surface area contributed by atoms with Crippen LogP contribution in [0.25, 0.3) is 0 Å². The van der Waals surface area contributed by atoms with Gasteiger partial charge >= 0.3 is 6.18 Å². The first kappa shape index (κ1) is 17.2. The third-order valence-electron chi connectivity index (χ3n) is 2.40. The number of hydrogen-bond donors (Lipinski definition) is 2. The first-order chi connectivity index (χ1) is 9.42. The number of nitro groups is 1. The Balaban J connectivity index is 2.98. The van der Waals surface area contributed by atoms with Gasteiger partial charge in [0.15, 0.2) is 0 Å². The lowest BCUT2D eigenvalue weighted by Gasteiger charge is -2.16. The number of hydrogen-bond acceptors (Lipinski definition) is 5. The molecule has 0 bridgehead atoms. The molecule has 0 saturated heterocycles. The fourth-order valence-corrected chi connectivity index (χ4v) is 2.87. The van der Waals surface area contributed by atoms with Crippen molar-refractivity contribution in [2.75, 3.05) is 5.73 Å². The fraction of sp³-hybridized carbons (Fsp3) is 0.400. The second-order valence-corrected chi connectivity index (χ2v) is 6.03. The molecule has 11 heteroatoms. The van der Waals surface area contributed by atoms with Gasteiger partial charge < -0.3 is 5.73 Å². The van der Waals surface area contributed by atoms with Gasteiger partial charge in [-0.2, -0.15) is 13.2 Å². The summed E-state index contributed by atoms with van der Waals surface area (Å²) in [7, 11) is -4.25. The number of sulfonamides is 1. The van der Waals surface area contributed by atoms with E-state index in [1.165, 1.54) is 0 Å². The quantitative estimate of drug-likeness (QED) is 0.486. The van der Waals surface area contributed by atoms with E-state index in [2.05, 4.69) is 0 Å². The Morgan fingerprint density at radius 2 is 2.00 bits per heavy atom. The van der Waals surface area contributed by atoms with Gasteiger partial charge in [0.25, 0.3) is 5.69 Å². The fourth-order valence-electron chi connectivity index (χ4n) is 1.59. The van der Waals surface area contributed by atoms with E-state index in [4.69, 9.17) is 5.73 Å². The Kier molecular flexibility index (Phi) is 4.79. The molecule has 0 heterocycles. The number of alkyl halides is 3. The molecule has 0 aliphatic heterocycles. The highest BCUT2D eigenvalue weighted by Gasteiger charge is 2.32. The van der Waals surface area contributed by atoms with Crippen LogP contribution in [0, 0.1) is 10.1 Å². The van der Waals surface area contributed by atoms with Gasteiger partial charge in [0, 0.05) is 12.1 Å². The summed E-state index contributed by atoms with van der Waals surface area (Å²) < 4.78 is 62.0. The first-order valence-corrected chi connectivity index (χ1v) is 7.03. The highest BCUT2D eigenvalue weighted by molar-refractivity contribution is 7.89. The van der Waals surface area contributed by atoms with Crippen LogP contribution in [-0.4, -0.2) is 25.6 Å². The SMILES string of the molecule is CC(CC(F)(F)F)NS(=O)(=O)c1ccc([N+](=O)[O-])c(N)c1. The van der Waals surface area contributed by atoms with E-state index in [1.54, 1.807) is 0 Å². The zero-order valence-corrected chi connectivity index (χ0v) is 11.5. The van der Waals surface area contributed by atoms with Crippen molar-refractivity contribution in [1.29, 1.82) is 0 Å². The number of nitrogens with one attached hydrogen (secondary N) is 1. The summed E-state index contributed by atoms with van der Waals surface area (Å²) >= 11 is 0. The highest BCUT2D eigenvalue weighted by Crippen LogP contribution is 2.26. The Morgan fingerprint density at radius 3 is 2.43 bits per heavy atom. The lowest BCUT2D eigenvalue weighted by molar-refractivity contribution is -0.383. The Hall–Kier alpha value is -1.88. The Bertz CT molecular complexity index is 645. The predicted octanol–water partition coefficient (Wildman–Crippen LogP) is 1.80. The van der Waals surface area contributed by atoms with Crippen LogP contribution in [0.3, 0.4) is 0 Å². The molecule has 1 aromatic rings. The minimum atomic E-state index is -4.52. The third-order valence-corrected chi connectivity index (χ3v) is 3.99. The van der Waals surface area contributed by atoms with Crippen molar-refractivity contribution in [2.45, 2.75) is 30.5 Å². The van der Waals surface area contributed by atoms with Crippen molar-refractivity contribution < 1.29 is 26.5 Å². The Labute approximate surface area is 118 Å². The smallest absolute Gasteiger partial charge is 0.390 e. The molecule has 0 fully saturated rings. The molecule has 0 radical (unpaired) electrons. The molecule has 0 aromatic heterocycles. The molecule has 1 atom stereocenters. The number of anilines is 1. The van der Waals surface area contributed by atoms with Crippen LogP contribution in [0.2, 0.25) is 0 Å². The minimum Gasteiger partial charge on any atom is -0.393 e. The molecule has 1 aromatic carbocycles. The van der Waals surface area contributed by atoms with Crippen molar-refractivity contribution in [3.63, 3.8) is 0 Å². The highest BCUT2D eigenvalue weighted by atomic mass is 32.2. The van der Waals surface area contributed by atoms with E-state index in [1.807, 2.05) is 4.72 Å². The van der Waals surface area contributed by atoms with Crippen molar-refractivity contribution in [1.82, 2.24) is 4.72 Å². The number of rotatable bonds is 5. The summed E-state index contributed by atoms with van der Waals surface area (Å²) in [6.45, 7) is 1.06. The average molecular weight is 327 g/mol. The van der Waals surface area contributed by atoms with Gasteiger partial charge in [0.2, 0.25) is 10.0 Å². The number of nitrogens with two attached hydrogens (primary N) is 1. The molecule has 7 nitrogen and oxygen atoms in total. The number of halogens is 3. The number of nitrogens with zero attached hydrogens (tertiary/aromatic N) is 1. The summed E-state index contributed by atoms with van der Waals surface area (Å²) in [5.41, 5.74) is 4.45. The normalized spacial score (nSPS) is 13.9. The van der Waals surface area contributed by atoms with Crippen LogP contribution in [0.15, 0.2) is 23.1 Å². The molecular formula is C10H12F3N3O4S. The van der Waals surface area contributed by atoms with Crippen molar-refractivity contribution >= 4 is 21.4 Å². The standard InChI is InChI=1S/C10H12F3N3O4S/c1-6(5-10(11,12)13)15-21(19,20)7-2-3-9(16(17)18)8(14)4-7/h2-4,6,15H,5,14H2,1H3. The molecule has 0 spiro atoms. The second-order valence-electron chi connectivity index (χ2n) is 4.32. The Morgan fingerprint density at radius 1 is 1.43 bits per heavy atom. The van der Waals surface area contributed by atoms with E-state index in [9.17, 15) is 31.7 Å². The minimum absolute atomic E-state index is 0.397. The molecule has 0 aliphatic rings. The van der Waals surface area contributed by atoms with Gasteiger partial charge in [0.1, 0.15) is 5.69 Å². The van der Waals surface area contributed by atoms with Crippen LogP contribution in [0.1, 0.15) is 13.3 Å². The van der Waals surface area contributed by atoms with Crippen LogP contribution < -0.4 is 10.5 Å². The van der Waals surface area contributed by atoms with Gasteiger partial charge in [-0.1, -0.05) is 0 Å². The van der Waals surface area contributed by atoms with E-state index in [0.29, 0.717) is 0 Å². The van der Waals surface area contributed by atoms with E-state index in [0.717, 1.165) is 25.1 Å². The van der Waals surface area contributed by atoms with Gasteiger partial charge in [-0.3, -0.25) is 10.1 Å². The molecular weight excluding hydrogens is 315 g/mol. The summed E-state index contributed by atoms with van der Waals surface area (Å²) in [6.07, 6.45) is -5.86. The van der Waals surface area contributed by atoms with Crippen LogP contribution in [-0.2, 0) is 10.0 Å². The third kappa shape index (κ3) is 4.86. The predicted molar refractivity (Wildman–Crippen MR) is 68.0 cm³/mol. The maximum Gasteiger partial charge on any atom is 0.390 e. The van der Waals surface area contributed by atoms with Crippen LogP contribution >= 0.6 is 0 Å². The molecule has 1 unspecified atom stereocenters. The van der Waals surface area contributed by atoms with Crippen LogP contribution in [0.4, 0.5) is 24.5 Å². The topological polar surface area (TPSA) is 115 Å². The number of benzene rings is 1. The van der Waals surface area contributed by atoms with Crippen LogP contribution in [0.5, 0.6) is 0 Å². The largest absolute Gasteiger partial charge is 0.393 e. The molecule has 0 amide bonds. The maximum atomic E-state index is 12.2. The molecule has 0 aliphatic carbocycles. The van der Waals surface area contributed by atoms with E-state index < -0.39 is 49.9 Å². The van der Waals surface area contributed by atoms with E-state index >= 15 is 0 Å². The molecule has 3 N–H and O–H groups in total. The lowest BCUT2D eigenvalue weighted by atomic mass is 10.2. The summed E-state index contributed by atoms with van der Waals surface area (Å²) in [5, 5.41) is 10.6. The molecule has 21 heavy (non-hydrogen) atoms. The molecule has 0 saturated carbocycles. The average Bonchev–Trinajstić information content (AvgIpc) is 2.24.